The Bertz CT molecular complexity index is 754. The molecule has 0 aromatic heterocycles. The summed E-state index contributed by atoms with van der Waals surface area (Å²) in [5.74, 6) is 1.67. The van der Waals surface area contributed by atoms with Crippen molar-refractivity contribution in [2.24, 2.45) is 0 Å². The first kappa shape index (κ1) is 15.0. The lowest BCUT2D eigenvalue weighted by Gasteiger charge is -2.20. The van der Waals surface area contributed by atoms with Crippen LogP contribution in [0.4, 0.5) is 11.4 Å². The first-order chi connectivity index (χ1) is 11.2. The Kier molecular flexibility index (Phi) is 4.48. The Labute approximate surface area is 136 Å². The Morgan fingerprint density at radius 1 is 0.826 bits per heavy atom. The highest BCUT2D eigenvalue weighted by molar-refractivity contribution is 5.50. The lowest BCUT2D eigenvalue weighted by molar-refractivity contribution is 0.482. The van der Waals surface area contributed by atoms with Gasteiger partial charge < -0.3 is 15.4 Å². The zero-order valence-corrected chi connectivity index (χ0v) is 13.1. The SMILES string of the molecule is CN(Cc1cccc(N)c1)c1ccc(Oc2ccccc2)cc1. The molecule has 3 heteroatoms. The first-order valence-corrected chi connectivity index (χ1v) is 7.59. The van der Waals surface area contributed by atoms with Gasteiger partial charge in [-0.3, -0.25) is 0 Å². The fourth-order valence-electron chi connectivity index (χ4n) is 2.45. The largest absolute Gasteiger partial charge is 0.457 e. The van der Waals surface area contributed by atoms with Crippen molar-refractivity contribution in [3.63, 3.8) is 0 Å². The van der Waals surface area contributed by atoms with Crippen LogP contribution < -0.4 is 15.4 Å². The van der Waals surface area contributed by atoms with Crippen molar-refractivity contribution in [2.45, 2.75) is 6.54 Å². The smallest absolute Gasteiger partial charge is 0.127 e. The van der Waals surface area contributed by atoms with E-state index in [4.69, 9.17) is 10.5 Å². The van der Waals surface area contributed by atoms with Gasteiger partial charge in [-0.2, -0.15) is 0 Å². The molecule has 0 amide bonds. The molecule has 0 unspecified atom stereocenters. The number of rotatable bonds is 5. The van der Waals surface area contributed by atoms with Gasteiger partial charge in [-0.1, -0.05) is 30.3 Å². The van der Waals surface area contributed by atoms with Crippen molar-refractivity contribution in [1.82, 2.24) is 0 Å². The van der Waals surface area contributed by atoms with Crippen molar-refractivity contribution < 1.29 is 4.74 Å². The summed E-state index contributed by atoms with van der Waals surface area (Å²) in [5.41, 5.74) is 8.95. The van der Waals surface area contributed by atoms with Crippen molar-refractivity contribution in [2.75, 3.05) is 17.7 Å². The molecule has 0 saturated carbocycles. The quantitative estimate of drug-likeness (QED) is 0.694. The summed E-state index contributed by atoms with van der Waals surface area (Å²) >= 11 is 0. The summed E-state index contributed by atoms with van der Waals surface area (Å²) in [5, 5.41) is 0. The van der Waals surface area contributed by atoms with Gasteiger partial charge in [-0.05, 0) is 54.1 Å². The third kappa shape index (κ3) is 4.04. The maximum Gasteiger partial charge on any atom is 0.127 e. The van der Waals surface area contributed by atoms with Crippen LogP contribution in [0.2, 0.25) is 0 Å². The Hall–Kier alpha value is -2.94. The standard InChI is InChI=1S/C20H20N2O/c1-22(15-16-6-5-7-17(21)14-16)18-10-12-20(13-11-18)23-19-8-3-2-4-9-19/h2-14H,15,21H2,1H3. The maximum atomic E-state index is 5.83. The number of hydrogen-bond acceptors (Lipinski definition) is 3. The highest BCUT2D eigenvalue weighted by Crippen LogP contribution is 2.24. The van der Waals surface area contributed by atoms with Gasteiger partial charge in [0.25, 0.3) is 0 Å². The second-order valence-corrected chi connectivity index (χ2v) is 5.51. The van der Waals surface area contributed by atoms with E-state index in [0.717, 1.165) is 29.4 Å². The van der Waals surface area contributed by atoms with E-state index in [2.05, 4.69) is 30.1 Å². The molecule has 0 bridgehead atoms. The fourth-order valence-corrected chi connectivity index (χ4v) is 2.45. The van der Waals surface area contributed by atoms with Crippen molar-refractivity contribution in [3.8, 4) is 11.5 Å². The second-order valence-electron chi connectivity index (χ2n) is 5.51. The van der Waals surface area contributed by atoms with E-state index in [1.165, 1.54) is 5.56 Å². The molecule has 0 aliphatic heterocycles. The minimum Gasteiger partial charge on any atom is -0.457 e. The minimum atomic E-state index is 0.794. The molecule has 23 heavy (non-hydrogen) atoms. The number of hydrogen-bond donors (Lipinski definition) is 1. The van der Waals surface area contributed by atoms with E-state index < -0.39 is 0 Å². The van der Waals surface area contributed by atoms with E-state index in [-0.39, 0.29) is 0 Å². The molecule has 0 fully saturated rings. The molecule has 3 nitrogen and oxygen atoms in total. The van der Waals surface area contributed by atoms with Crippen LogP contribution in [-0.4, -0.2) is 7.05 Å². The average Bonchev–Trinajstić information content (AvgIpc) is 2.56. The molecule has 2 N–H and O–H groups in total. The molecule has 0 aliphatic rings. The van der Waals surface area contributed by atoms with Gasteiger partial charge in [0, 0.05) is 25.0 Å². The topological polar surface area (TPSA) is 38.5 Å². The minimum absolute atomic E-state index is 0.794. The van der Waals surface area contributed by atoms with E-state index in [1.807, 2.05) is 60.7 Å². The Morgan fingerprint density at radius 2 is 1.52 bits per heavy atom. The number of ether oxygens (including phenoxy) is 1. The van der Waals surface area contributed by atoms with Gasteiger partial charge in [-0.25, -0.2) is 0 Å². The van der Waals surface area contributed by atoms with Crippen LogP contribution in [0.25, 0.3) is 0 Å². The summed E-state index contributed by atoms with van der Waals surface area (Å²) in [6.07, 6.45) is 0. The number of para-hydroxylation sites is 1. The summed E-state index contributed by atoms with van der Waals surface area (Å²) in [6, 6.07) is 25.8. The molecule has 0 saturated heterocycles. The Morgan fingerprint density at radius 3 is 2.22 bits per heavy atom. The van der Waals surface area contributed by atoms with Crippen LogP contribution in [0.3, 0.4) is 0 Å². The third-order valence-electron chi connectivity index (χ3n) is 3.63. The van der Waals surface area contributed by atoms with Gasteiger partial charge in [0.1, 0.15) is 11.5 Å². The summed E-state index contributed by atoms with van der Waals surface area (Å²) in [4.78, 5) is 2.18. The second kappa shape index (κ2) is 6.88. The number of anilines is 2. The summed E-state index contributed by atoms with van der Waals surface area (Å²) in [7, 11) is 2.07. The third-order valence-corrected chi connectivity index (χ3v) is 3.63. The van der Waals surface area contributed by atoms with Crippen LogP contribution in [0.5, 0.6) is 11.5 Å². The lowest BCUT2D eigenvalue weighted by atomic mass is 10.2. The maximum absolute atomic E-state index is 5.83. The van der Waals surface area contributed by atoms with E-state index >= 15 is 0 Å². The number of nitrogens with zero attached hydrogens (tertiary/aromatic N) is 1. The van der Waals surface area contributed by atoms with Gasteiger partial charge in [0.15, 0.2) is 0 Å². The molecule has 0 radical (unpaired) electrons. The molecule has 3 rings (SSSR count). The first-order valence-electron chi connectivity index (χ1n) is 7.59. The Balaban J connectivity index is 1.66. The number of nitrogen functional groups attached to an aromatic ring is 1. The molecule has 0 aliphatic carbocycles. The predicted molar refractivity (Wildman–Crippen MR) is 95.9 cm³/mol. The van der Waals surface area contributed by atoms with E-state index in [1.54, 1.807) is 0 Å². The van der Waals surface area contributed by atoms with Crippen LogP contribution in [-0.2, 0) is 6.54 Å². The molecule has 3 aromatic rings. The summed E-state index contributed by atoms with van der Waals surface area (Å²) in [6.45, 7) is 0.809. The fraction of sp³-hybridized carbons (Fsp3) is 0.100. The molecule has 3 aromatic carbocycles. The highest BCUT2D eigenvalue weighted by Gasteiger charge is 2.04. The van der Waals surface area contributed by atoms with Crippen molar-refractivity contribution >= 4 is 11.4 Å². The van der Waals surface area contributed by atoms with Crippen molar-refractivity contribution in [3.05, 3.63) is 84.4 Å². The van der Waals surface area contributed by atoms with E-state index in [9.17, 15) is 0 Å². The molecular formula is C20H20N2O. The van der Waals surface area contributed by atoms with Gasteiger partial charge in [0.2, 0.25) is 0 Å². The molecule has 116 valence electrons. The van der Waals surface area contributed by atoms with E-state index in [0.29, 0.717) is 0 Å². The molecule has 0 heterocycles. The summed E-state index contributed by atoms with van der Waals surface area (Å²) < 4.78 is 5.81. The van der Waals surface area contributed by atoms with Gasteiger partial charge in [0.05, 0.1) is 0 Å². The zero-order chi connectivity index (χ0) is 16.1. The number of nitrogens with two attached hydrogens (primary N) is 1. The zero-order valence-electron chi connectivity index (χ0n) is 13.1. The molecular weight excluding hydrogens is 284 g/mol. The van der Waals surface area contributed by atoms with Crippen LogP contribution in [0.1, 0.15) is 5.56 Å². The van der Waals surface area contributed by atoms with Gasteiger partial charge >= 0.3 is 0 Å². The van der Waals surface area contributed by atoms with Crippen LogP contribution in [0, 0.1) is 0 Å². The predicted octanol–water partition coefficient (Wildman–Crippen LogP) is 4.70. The van der Waals surface area contributed by atoms with Crippen LogP contribution in [0.15, 0.2) is 78.9 Å². The highest BCUT2D eigenvalue weighted by atomic mass is 16.5. The molecule has 0 atom stereocenters. The monoisotopic (exact) mass is 304 g/mol. The van der Waals surface area contributed by atoms with Crippen LogP contribution >= 0.6 is 0 Å². The lowest BCUT2D eigenvalue weighted by Crippen LogP contribution is -2.16. The number of benzene rings is 3. The van der Waals surface area contributed by atoms with Crippen molar-refractivity contribution in [1.29, 1.82) is 0 Å². The van der Waals surface area contributed by atoms with Gasteiger partial charge in [-0.15, -0.1) is 0 Å². The normalized spacial score (nSPS) is 10.3. The molecule has 0 spiro atoms. The average molecular weight is 304 g/mol.